The average molecular weight is 327 g/mol. The number of hydrogen-bond acceptors (Lipinski definition) is 3. The van der Waals surface area contributed by atoms with Crippen LogP contribution in [-0.4, -0.2) is 36.5 Å². The Morgan fingerprint density at radius 1 is 0.875 bits per heavy atom. The van der Waals surface area contributed by atoms with Gasteiger partial charge < -0.3 is 15.2 Å². The maximum atomic E-state index is 10.1. The first-order chi connectivity index (χ1) is 11.5. The van der Waals surface area contributed by atoms with Gasteiger partial charge in [-0.15, -0.1) is 0 Å². The quantitative estimate of drug-likeness (QED) is 0.778. The summed E-state index contributed by atoms with van der Waals surface area (Å²) in [6.45, 7) is 7.68. The molecule has 0 spiro atoms. The molecule has 3 nitrogen and oxygen atoms in total. The monoisotopic (exact) mass is 327 g/mol. The molecule has 0 radical (unpaired) electrons. The molecule has 2 aromatic carbocycles. The van der Waals surface area contributed by atoms with E-state index >= 15 is 0 Å². The molecule has 0 bridgehead atoms. The molecule has 0 saturated heterocycles. The average Bonchev–Trinajstić information content (AvgIpc) is 2.58. The molecule has 3 heteroatoms. The lowest BCUT2D eigenvalue weighted by Crippen LogP contribution is -2.42. The highest BCUT2D eigenvalue weighted by atomic mass is 16.5. The molecule has 0 aromatic heterocycles. The standard InChI is InChI=1S/C21H29NO2/c1-21(2,3)22-14-19(23)15-24-16-20(17-10-6-4-7-11-17)18-12-8-5-9-13-18/h4-13,19-20,22-23H,14-16H2,1-3H3/t19-/m1/s1. The molecule has 0 aliphatic carbocycles. The molecule has 0 heterocycles. The maximum absolute atomic E-state index is 10.1. The summed E-state index contributed by atoms with van der Waals surface area (Å²) in [6.07, 6.45) is -0.503. The third-order valence-corrected chi connectivity index (χ3v) is 3.87. The third-order valence-electron chi connectivity index (χ3n) is 3.87. The van der Waals surface area contributed by atoms with Crippen molar-refractivity contribution in [1.82, 2.24) is 5.32 Å². The minimum atomic E-state index is -0.503. The van der Waals surface area contributed by atoms with Crippen LogP contribution in [-0.2, 0) is 4.74 Å². The van der Waals surface area contributed by atoms with E-state index in [1.54, 1.807) is 0 Å². The highest BCUT2D eigenvalue weighted by Gasteiger charge is 2.16. The Labute approximate surface area is 145 Å². The number of rotatable bonds is 8. The summed E-state index contributed by atoms with van der Waals surface area (Å²) in [7, 11) is 0. The van der Waals surface area contributed by atoms with Crippen LogP contribution in [0.2, 0.25) is 0 Å². The van der Waals surface area contributed by atoms with Crippen molar-refractivity contribution in [2.45, 2.75) is 38.3 Å². The fourth-order valence-corrected chi connectivity index (χ4v) is 2.56. The number of ether oxygens (including phenoxy) is 1. The van der Waals surface area contributed by atoms with Crippen LogP contribution in [0.25, 0.3) is 0 Å². The van der Waals surface area contributed by atoms with Crippen LogP contribution < -0.4 is 5.32 Å². The second kappa shape index (κ2) is 8.97. The van der Waals surface area contributed by atoms with E-state index in [1.165, 1.54) is 11.1 Å². The molecule has 0 aliphatic rings. The van der Waals surface area contributed by atoms with E-state index < -0.39 is 6.10 Å². The number of nitrogens with one attached hydrogen (secondary N) is 1. The first kappa shape index (κ1) is 18.7. The number of hydrogen-bond donors (Lipinski definition) is 2. The Balaban J connectivity index is 1.93. The number of benzene rings is 2. The van der Waals surface area contributed by atoms with E-state index in [4.69, 9.17) is 4.74 Å². The van der Waals surface area contributed by atoms with Crippen molar-refractivity contribution in [2.75, 3.05) is 19.8 Å². The van der Waals surface area contributed by atoms with E-state index in [0.717, 1.165) is 0 Å². The molecule has 130 valence electrons. The molecule has 1 atom stereocenters. The molecule has 0 saturated carbocycles. The third kappa shape index (κ3) is 6.44. The van der Waals surface area contributed by atoms with Gasteiger partial charge in [0.15, 0.2) is 0 Å². The van der Waals surface area contributed by atoms with E-state index in [1.807, 2.05) is 36.4 Å². The molecule has 2 rings (SSSR count). The van der Waals surface area contributed by atoms with Gasteiger partial charge in [-0.3, -0.25) is 0 Å². The van der Waals surface area contributed by atoms with Gasteiger partial charge >= 0.3 is 0 Å². The van der Waals surface area contributed by atoms with Crippen LogP contribution in [0.15, 0.2) is 60.7 Å². The molecular weight excluding hydrogens is 298 g/mol. The van der Waals surface area contributed by atoms with Gasteiger partial charge in [0, 0.05) is 18.0 Å². The van der Waals surface area contributed by atoms with Crippen molar-refractivity contribution in [3.63, 3.8) is 0 Å². The van der Waals surface area contributed by atoms with Crippen molar-refractivity contribution in [2.24, 2.45) is 0 Å². The summed E-state index contributed by atoms with van der Waals surface area (Å²) in [5.41, 5.74) is 2.45. The minimum Gasteiger partial charge on any atom is -0.389 e. The predicted octanol–water partition coefficient (Wildman–Crippen LogP) is 3.58. The second-order valence-electron chi connectivity index (χ2n) is 7.20. The van der Waals surface area contributed by atoms with Crippen molar-refractivity contribution < 1.29 is 9.84 Å². The Morgan fingerprint density at radius 3 is 1.83 bits per heavy atom. The lowest BCUT2D eigenvalue weighted by atomic mass is 9.92. The van der Waals surface area contributed by atoms with Crippen LogP contribution in [0.4, 0.5) is 0 Å². The molecule has 0 aliphatic heterocycles. The molecule has 2 N–H and O–H groups in total. The van der Waals surface area contributed by atoms with Gasteiger partial charge in [-0.1, -0.05) is 60.7 Å². The van der Waals surface area contributed by atoms with Gasteiger partial charge in [0.25, 0.3) is 0 Å². The lowest BCUT2D eigenvalue weighted by molar-refractivity contribution is 0.0313. The Hall–Kier alpha value is -1.68. The summed E-state index contributed by atoms with van der Waals surface area (Å²) < 4.78 is 5.84. The lowest BCUT2D eigenvalue weighted by Gasteiger charge is -2.23. The van der Waals surface area contributed by atoms with Crippen LogP contribution in [0.5, 0.6) is 0 Å². The van der Waals surface area contributed by atoms with Crippen molar-refractivity contribution in [3.05, 3.63) is 71.8 Å². The highest BCUT2D eigenvalue weighted by Crippen LogP contribution is 2.24. The van der Waals surface area contributed by atoms with Crippen LogP contribution in [0.1, 0.15) is 37.8 Å². The summed E-state index contributed by atoms with van der Waals surface area (Å²) in [6, 6.07) is 20.7. The normalized spacial score (nSPS) is 13.2. The largest absolute Gasteiger partial charge is 0.389 e. The zero-order valence-corrected chi connectivity index (χ0v) is 14.9. The molecule has 0 unspecified atom stereocenters. The molecule has 0 fully saturated rings. The van der Waals surface area contributed by atoms with Gasteiger partial charge in [0.1, 0.15) is 0 Å². The van der Waals surface area contributed by atoms with Gasteiger partial charge in [0.05, 0.1) is 19.3 Å². The van der Waals surface area contributed by atoms with E-state index in [-0.39, 0.29) is 11.5 Å². The highest BCUT2D eigenvalue weighted by molar-refractivity contribution is 5.32. The Bertz CT molecular complexity index is 538. The minimum absolute atomic E-state index is 0.00239. The van der Waals surface area contributed by atoms with Gasteiger partial charge in [0.2, 0.25) is 0 Å². The van der Waals surface area contributed by atoms with Crippen LogP contribution in [0.3, 0.4) is 0 Å². The number of aliphatic hydroxyl groups excluding tert-OH is 1. The van der Waals surface area contributed by atoms with Gasteiger partial charge in [-0.25, -0.2) is 0 Å². The van der Waals surface area contributed by atoms with E-state index in [0.29, 0.717) is 19.8 Å². The number of β-amino-alcohol motifs (C(OH)–C–C–N with tert-alkyl or cyclic N) is 1. The molecule has 24 heavy (non-hydrogen) atoms. The van der Waals surface area contributed by atoms with Gasteiger partial charge in [-0.2, -0.15) is 0 Å². The maximum Gasteiger partial charge on any atom is 0.0897 e. The Kier molecular flexibility index (Phi) is 6.98. The summed E-state index contributed by atoms with van der Waals surface area (Å²) in [5.74, 6) is 0.176. The van der Waals surface area contributed by atoms with Crippen molar-refractivity contribution >= 4 is 0 Å². The summed E-state index contributed by atoms with van der Waals surface area (Å²) >= 11 is 0. The second-order valence-corrected chi connectivity index (χ2v) is 7.20. The van der Waals surface area contributed by atoms with Crippen molar-refractivity contribution in [1.29, 1.82) is 0 Å². The molecule has 2 aromatic rings. The zero-order chi connectivity index (χ0) is 17.4. The van der Waals surface area contributed by atoms with Crippen LogP contribution in [0, 0.1) is 0 Å². The molecular formula is C21H29NO2. The van der Waals surface area contributed by atoms with Crippen molar-refractivity contribution in [3.8, 4) is 0 Å². The first-order valence-electron chi connectivity index (χ1n) is 8.56. The fourth-order valence-electron chi connectivity index (χ4n) is 2.56. The van der Waals surface area contributed by atoms with Gasteiger partial charge in [-0.05, 0) is 31.9 Å². The fraction of sp³-hybridized carbons (Fsp3) is 0.429. The summed E-state index contributed by atoms with van der Waals surface area (Å²) in [4.78, 5) is 0. The topological polar surface area (TPSA) is 41.5 Å². The summed E-state index contributed by atoms with van der Waals surface area (Å²) in [5, 5.41) is 13.4. The van der Waals surface area contributed by atoms with E-state index in [2.05, 4.69) is 50.4 Å². The van der Waals surface area contributed by atoms with E-state index in [9.17, 15) is 5.11 Å². The molecule has 0 amide bonds. The first-order valence-corrected chi connectivity index (χ1v) is 8.56. The Morgan fingerprint density at radius 2 is 1.38 bits per heavy atom. The SMILES string of the molecule is CC(C)(C)NC[C@@H](O)COCC(c1ccccc1)c1ccccc1. The van der Waals surface area contributed by atoms with Crippen LogP contribution >= 0.6 is 0 Å². The smallest absolute Gasteiger partial charge is 0.0897 e. The predicted molar refractivity (Wildman–Crippen MR) is 99.3 cm³/mol. The number of aliphatic hydroxyl groups is 1. The zero-order valence-electron chi connectivity index (χ0n) is 14.9.